The Hall–Kier alpha value is -1.17. The maximum Gasteiger partial charge on any atom is 0.231 e. The number of allylic oxidation sites excluding steroid dienone is 2. The van der Waals surface area contributed by atoms with Crippen molar-refractivity contribution in [3.63, 3.8) is 0 Å². The number of morpholine rings is 1. The second kappa shape index (κ2) is 4.60. The van der Waals surface area contributed by atoms with E-state index >= 15 is 0 Å². The molecule has 0 spiro atoms. The molecule has 1 saturated heterocycles. The van der Waals surface area contributed by atoms with E-state index in [2.05, 4.69) is 0 Å². The summed E-state index contributed by atoms with van der Waals surface area (Å²) in [6.07, 6.45) is 3.24. The first-order valence-electron chi connectivity index (χ1n) is 5.64. The van der Waals surface area contributed by atoms with Gasteiger partial charge in [0, 0.05) is 26.3 Å². The van der Waals surface area contributed by atoms with Gasteiger partial charge in [0.25, 0.3) is 0 Å². The van der Waals surface area contributed by atoms with E-state index in [-0.39, 0.29) is 12.4 Å². The number of aliphatic hydroxyl groups is 1. The summed E-state index contributed by atoms with van der Waals surface area (Å²) in [6, 6.07) is 0. The molecule has 5 nitrogen and oxygen atoms in total. The minimum atomic E-state index is -0.967. The molecular formula is C12H17NO4. The number of hydrogen-bond acceptors (Lipinski definition) is 5. The molecule has 1 fully saturated rings. The monoisotopic (exact) mass is 239 g/mol. The molecule has 5 heteroatoms. The summed E-state index contributed by atoms with van der Waals surface area (Å²) in [6.45, 7) is 3.40. The Balaban J connectivity index is 2.38. The van der Waals surface area contributed by atoms with Crippen molar-refractivity contribution in [3.05, 3.63) is 23.4 Å². The largest absolute Gasteiger partial charge is 0.395 e. The number of fused-ring (bicyclic) bond motifs is 1. The molecule has 2 aliphatic rings. The molecule has 0 radical (unpaired) electrons. The van der Waals surface area contributed by atoms with Crippen LogP contribution in [0.1, 0.15) is 6.92 Å². The van der Waals surface area contributed by atoms with Gasteiger partial charge in [0.05, 0.1) is 18.9 Å². The number of ketones is 1. The fraction of sp³-hybridized carbons (Fsp3) is 0.583. The molecule has 0 saturated carbocycles. The normalized spacial score (nSPS) is 28.6. The third-order valence-electron chi connectivity index (χ3n) is 3.11. The van der Waals surface area contributed by atoms with Gasteiger partial charge in [-0.15, -0.1) is 0 Å². The Morgan fingerprint density at radius 1 is 1.65 bits per heavy atom. The SMILES string of the molecule is COC12C=C(C)C(=O)C=C1N(CCO)CCO2. The Labute approximate surface area is 100 Å². The lowest BCUT2D eigenvalue weighted by molar-refractivity contribution is -0.197. The Bertz CT molecular complexity index is 386. The summed E-state index contributed by atoms with van der Waals surface area (Å²) in [5, 5.41) is 9.03. The van der Waals surface area contributed by atoms with Gasteiger partial charge in [-0.1, -0.05) is 0 Å². The van der Waals surface area contributed by atoms with Gasteiger partial charge in [0.2, 0.25) is 5.79 Å². The topological polar surface area (TPSA) is 59.0 Å². The van der Waals surface area contributed by atoms with Crippen molar-refractivity contribution in [2.24, 2.45) is 0 Å². The van der Waals surface area contributed by atoms with Crippen LogP contribution in [0.4, 0.5) is 0 Å². The Kier molecular flexibility index (Phi) is 3.33. The maximum absolute atomic E-state index is 11.7. The highest BCUT2D eigenvalue weighted by Gasteiger charge is 2.43. The molecule has 1 unspecified atom stereocenters. The zero-order valence-corrected chi connectivity index (χ0v) is 10.1. The van der Waals surface area contributed by atoms with E-state index in [9.17, 15) is 4.79 Å². The molecule has 1 heterocycles. The van der Waals surface area contributed by atoms with Crippen LogP contribution < -0.4 is 0 Å². The number of rotatable bonds is 3. The van der Waals surface area contributed by atoms with Crippen LogP contribution in [0.25, 0.3) is 0 Å². The lowest BCUT2D eigenvalue weighted by atomic mass is 9.96. The highest BCUT2D eigenvalue weighted by atomic mass is 16.7. The van der Waals surface area contributed by atoms with Gasteiger partial charge in [-0.2, -0.15) is 0 Å². The van der Waals surface area contributed by atoms with Crippen LogP contribution in [0.2, 0.25) is 0 Å². The molecule has 0 bridgehead atoms. The first-order valence-corrected chi connectivity index (χ1v) is 5.64. The molecule has 0 aromatic heterocycles. The summed E-state index contributed by atoms with van der Waals surface area (Å²) in [5.41, 5.74) is 1.29. The number of carbonyl (C=O) groups excluding carboxylic acids is 1. The average Bonchev–Trinajstić information content (AvgIpc) is 2.32. The van der Waals surface area contributed by atoms with Gasteiger partial charge in [-0.25, -0.2) is 0 Å². The summed E-state index contributed by atoms with van der Waals surface area (Å²) in [7, 11) is 1.55. The third kappa shape index (κ3) is 2.01. The molecular weight excluding hydrogens is 222 g/mol. The minimum Gasteiger partial charge on any atom is -0.395 e. The van der Waals surface area contributed by atoms with E-state index < -0.39 is 5.79 Å². The van der Waals surface area contributed by atoms with Crippen LogP contribution in [0.15, 0.2) is 23.4 Å². The molecule has 0 aromatic rings. The molecule has 1 atom stereocenters. The van der Waals surface area contributed by atoms with Crippen LogP contribution in [0, 0.1) is 0 Å². The smallest absolute Gasteiger partial charge is 0.231 e. The van der Waals surface area contributed by atoms with Crippen molar-refractivity contribution in [1.82, 2.24) is 4.90 Å². The van der Waals surface area contributed by atoms with Crippen LogP contribution in [0.3, 0.4) is 0 Å². The van der Waals surface area contributed by atoms with Gasteiger partial charge < -0.3 is 19.5 Å². The number of methoxy groups -OCH3 is 1. The zero-order chi connectivity index (χ0) is 12.5. The van der Waals surface area contributed by atoms with Gasteiger partial charge in [0.15, 0.2) is 5.78 Å². The van der Waals surface area contributed by atoms with E-state index in [0.717, 1.165) is 0 Å². The molecule has 1 N–H and O–H groups in total. The lowest BCUT2D eigenvalue weighted by Crippen LogP contribution is -2.52. The second-order valence-corrected chi connectivity index (χ2v) is 4.15. The number of carbonyl (C=O) groups is 1. The first-order chi connectivity index (χ1) is 8.13. The number of nitrogens with zero attached hydrogens (tertiary/aromatic N) is 1. The number of ether oxygens (including phenoxy) is 2. The van der Waals surface area contributed by atoms with Crippen molar-refractivity contribution >= 4 is 5.78 Å². The quantitative estimate of drug-likeness (QED) is 0.755. The van der Waals surface area contributed by atoms with Crippen molar-refractivity contribution in [3.8, 4) is 0 Å². The van der Waals surface area contributed by atoms with Gasteiger partial charge >= 0.3 is 0 Å². The molecule has 1 aliphatic heterocycles. The van der Waals surface area contributed by atoms with Crippen molar-refractivity contribution < 1.29 is 19.4 Å². The van der Waals surface area contributed by atoms with Crippen LogP contribution in [0.5, 0.6) is 0 Å². The van der Waals surface area contributed by atoms with E-state index in [4.69, 9.17) is 14.6 Å². The summed E-state index contributed by atoms with van der Waals surface area (Å²) < 4.78 is 11.1. The highest BCUT2D eigenvalue weighted by molar-refractivity contribution is 6.05. The van der Waals surface area contributed by atoms with Crippen molar-refractivity contribution in [1.29, 1.82) is 0 Å². The van der Waals surface area contributed by atoms with Gasteiger partial charge in [0.1, 0.15) is 0 Å². The summed E-state index contributed by atoms with van der Waals surface area (Å²) >= 11 is 0. The Morgan fingerprint density at radius 3 is 3.06 bits per heavy atom. The van der Waals surface area contributed by atoms with Crippen LogP contribution >= 0.6 is 0 Å². The molecule has 2 rings (SSSR count). The van der Waals surface area contributed by atoms with Gasteiger partial charge in [-0.3, -0.25) is 4.79 Å². The molecule has 0 amide bonds. The summed E-state index contributed by atoms with van der Waals surface area (Å²) in [5.74, 6) is -1.01. The number of aliphatic hydroxyl groups excluding tert-OH is 1. The van der Waals surface area contributed by atoms with Crippen LogP contribution in [-0.2, 0) is 14.3 Å². The third-order valence-corrected chi connectivity index (χ3v) is 3.11. The standard InChI is InChI=1S/C12H17NO4/c1-9-8-12(16-2)11(7-10(9)15)13(3-5-14)4-6-17-12/h7-8,14H,3-6H2,1-2H3. The fourth-order valence-corrected chi connectivity index (χ4v) is 2.20. The Morgan fingerprint density at radius 2 is 2.41 bits per heavy atom. The summed E-state index contributed by atoms with van der Waals surface area (Å²) in [4.78, 5) is 13.6. The van der Waals surface area contributed by atoms with Crippen molar-refractivity contribution in [2.75, 3.05) is 33.4 Å². The van der Waals surface area contributed by atoms with Crippen molar-refractivity contribution in [2.45, 2.75) is 12.7 Å². The molecule has 17 heavy (non-hydrogen) atoms. The lowest BCUT2D eigenvalue weighted by Gasteiger charge is -2.44. The van der Waals surface area contributed by atoms with E-state index in [1.807, 2.05) is 4.90 Å². The molecule has 0 aromatic carbocycles. The van der Waals surface area contributed by atoms with Gasteiger partial charge in [-0.05, 0) is 18.6 Å². The van der Waals surface area contributed by atoms with E-state index in [1.165, 1.54) is 6.08 Å². The molecule has 1 aliphatic carbocycles. The zero-order valence-electron chi connectivity index (χ0n) is 10.1. The fourth-order valence-electron chi connectivity index (χ4n) is 2.20. The van der Waals surface area contributed by atoms with Crippen LogP contribution in [-0.4, -0.2) is 55.0 Å². The predicted molar refractivity (Wildman–Crippen MR) is 61.2 cm³/mol. The predicted octanol–water partition coefficient (Wildman–Crippen LogP) is 0.0665. The van der Waals surface area contributed by atoms with E-state index in [0.29, 0.717) is 31.0 Å². The van der Waals surface area contributed by atoms with E-state index in [1.54, 1.807) is 20.1 Å². The second-order valence-electron chi connectivity index (χ2n) is 4.15. The average molecular weight is 239 g/mol. The molecule has 94 valence electrons. The minimum absolute atomic E-state index is 0.0357. The maximum atomic E-state index is 11.7. The highest BCUT2D eigenvalue weighted by Crippen LogP contribution is 2.35. The first kappa shape index (κ1) is 12.3. The number of hydrogen-bond donors (Lipinski definition) is 1. The number of β-amino-alcohol motifs (C(OH)–C–C–N with tert-alkyl or cyclic N) is 1.